The molecule has 0 bridgehead atoms. The van der Waals surface area contributed by atoms with Crippen LogP contribution < -0.4 is 4.90 Å². The van der Waals surface area contributed by atoms with E-state index in [1.165, 1.54) is 22.5 Å². The Kier molecular flexibility index (Phi) is 4.03. The summed E-state index contributed by atoms with van der Waals surface area (Å²) in [5.74, 6) is 0. The van der Waals surface area contributed by atoms with E-state index >= 15 is 0 Å². The summed E-state index contributed by atoms with van der Waals surface area (Å²) < 4.78 is 0. The summed E-state index contributed by atoms with van der Waals surface area (Å²) >= 11 is 0. The molecule has 1 aliphatic rings. The summed E-state index contributed by atoms with van der Waals surface area (Å²) in [4.78, 5) is 2.30. The minimum atomic E-state index is 1.11. The Morgan fingerprint density at radius 3 is 2.67 bits per heavy atom. The normalized spacial score (nSPS) is 16.5. The fourth-order valence-electron chi connectivity index (χ4n) is 2.38. The monoisotopic (exact) mass is 239 g/mol. The highest BCUT2D eigenvalue weighted by Gasteiger charge is 2.15. The van der Waals surface area contributed by atoms with Gasteiger partial charge in [0.1, 0.15) is 0 Å². The lowest BCUT2D eigenvalue weighted by atomic mass is 10.0. The molecule has 0 spiro atoms. The van der Waals surface area contributed by atoms with Crippen LogP contribution in [-0.4, -0.2) is 7.05 Å². The van der Waals surface area contributed by atoms with Crippen LogP contribution in [0.2, 0.25) is 0 Å². The molecule has 2 rings (SSSR count). The number of fused-ring (bicyclic) bond motifs is 1. The maximum absolute atomic E-state index is 2.30. The molecule has 94 valence electrons. The van der Waals surface area contributed by atoms with Gasteiger partial charge in [0.15, 0.2) is 0 Å². The van der Waals surface area contributed by atoms with Gasteiger partial charge >= 0.3 is 0 Å². The van der Waals surface area contributed by atoms with Gasteiger partial charge in [0.2, 0.25) is 0 Å². The van der Waals surface area contributed by atoms with Crippen molar-refractivity contribution in [3.05, 3.63) is 65.4 Å². The molecule has 0 fully saturated rings. The van der Waals surface area contributed by atoms with Crippen molar-refractivity contribution < 1.29 is 0 Å². The van der Waals surface area contributed by atoms with E-state index in [1.54, 1.807) is 0 Å². The minimum absolute atomic E-state index is 1.11. The van der Waals surface area contributed by atoms with E-state index in [0.717, 1.165) is 12.8 Å². The van der Waals surface area contributed by atoms with Crippen molar-refractivity contribution >= 4 is 5.69 Å². The first kappa shape index (κ1) is 12.7. The molecule has 1 heterocycles. The Bertz CT molecular complexity index is 506. The van der Waals surface area contributed by atoms with Gasteiger partial charge in [0.05, 0.1) is 0 Å². The van der Waals surface area contributed by atoms with Crippen molar-refractivity contribution in [2.45, 2.75) is 26.7 Å². The summed E-state index contributed by atoms with van der Waals surface area (Å²) in [7, 11) is 2.16. The third-order valence-electron chi connectivity index (χ3n) is 3.59. The quantitative estimate of drug-likeness (QED) is 0.688. The first-order valence-corrected chi connectivity index (χ1v) is 6.54. The van der Waals surface area contributed by atoms with Crippen LogP contribution in [0.3, 0.4) is 0 Å². The fourth-order valence-corrected chi connectivity index (χ4v) is 2.38. The molecule has 0 aliphatic carbocycles. The minimum Gasteiger partial charge on any atom is -0.348 e. The van der Waals surface area contributed by atoms with Crippen LogP contribution in [0, 0.1) is 0 Å². The van der Waals surface area contributed by atoms with Crippen LogP contribution in [0.25, 0.3) is 0 Å². The molecule has 0 aromatic heterocycles. The van der Waals surface area contributed by atoms with Crippen molar-refractivity contribution in [1.82, 2.24) is 0 Å². The lowest BCUT2D eigenvalue weighted by Gasteiger charge is -2.21. The van der Waals surface area contributed by atoms with Crippen LogP contribution in [0.5, 0.6) is 0 Å². The molecule has 1 heteroatoms. The number of hydrogen-bond donors (Lipinski definition) is 0. The van der Waals surface area contributed by atoms with Crippen molar-refractivity contribution in [2.75, 3.05) is 11.9 Å². The van der Waals surface area contributed by atoms with E-state index in [9.17, 15) is 0 Å². The van der Waals surface area contributed by atoms with Gasteiger partial charge in [-0.1, -0.05) is 42.5 Å². The van der Waals surface area contributed by atoms with Gasteiger partial charge in [-0.2, -0.15) is 0 Å². The zero-order chi connectivity index (χ0) is 13.0. The molecular weight excluding hydrogens is 218 g/mol. The third-order valence-corrected chi connectivity index (χ3v) is 3.59. The Balaban J connectivity index is 2.34. The van der Waals surface area contributed by atoms with E-state index in [1.807, 2.05) is 6.92 Å². The summed E-state index contributed by atoms with van der Waals surface area (Å²) in [5, 5.41) is 0. The summed E-state index contributed by atoms with van der Waals surface area (Å²) in [6.45, 7) is 4.25. The van der Waals surface area contributed by atoms with Crippen molar-refractivity contribution in [3.63, 3.8) is 0 Å². The van der Waals surface area contributed by atoms with Crippen molar-refractivity contribution in [3.8, 4) is 0 Å². The van der Waals surface area contributed by atoms with Crippen LogP contribution in [0.1, 0.15) is 25.8 Å². The molecule has 0 atom stereocenters. The lowest BCUT2D eigenvalue weighted by Crippen LogP contribution is -2.15. The SMILES string of the molecule is C/C=C\C=C/C1=C(C)N(C)c2ccccc2CC1. The summed E-state index contributed by atoms with van der Waals surface area (Å²) in [6, 6.07) is 8.68. The van der Waals surface area contributed by atoms with Gasteiger partial charge in [0.25, 0.3) is 0 Å². The fraction of sp³-hybridized carbons (Fsp3) is 0.294. The van der Waals surface area contributed by atoms with Gasteiger partial charge in [-0.05, 0) is 43.9 Å². The number of rotatable bonds is 2. The topological polar surface area (TPSA) is 3.24 Å². The second kappa shape index (κ2) is 5.72. The Hall–Kier alpha value is -1.76. The predicted molar refractivity (Wildman–Crippen MR) is 79.8 cm³/mol. The molecule has 0 amide bonds. The molecule has 0 saturated heterocycles. The maximum Gasteiger partial charge on any atom is 0.0438 e. The number of hydrogen-bond acceptors (Lipinski definition) is 1. The molecular formula is C17H21N. The highest BCUT2D eigenvalue weighted by Crippen LogP contribution is 2.30. The predicted octanol–water partition coefficient (Wildman–Crippen LogP) is 4.48. The smallest absolute Gasteiger partial charge is 0.0438 e. The number of allylic oxidation sites excluding steroid dienone is 6. The number of nitrogens with zero attached hydrogens (tertiary/aromatic N) is 1. The van der Waals surface area contributed by atoms with Gasteiger partial charge in [-0.15, -0.1) is 0 Å². The van der Waals surface area contributed by atoms with E-state index in [4.69, 9.17) is 0 Å². The number of para-hydroxylation sites is 1. The largest absolute Gasteiger partial charge is 0.348 e. The third kappa shape index (κ3) is 2.56. The average molecular weight is 239 g/mol. The molecule has 1 aromatic rings. The molecule has 0 N–H and O–H groups in total. The first-order valence-electron chi connectivity index (χ1n) is 6.54. The van der Waals surface area contributed by atoms with E-state index < -0.39 is 0 Å². The zero-order valence-electron chi connectivity index (χ0n) is 11.5. The Labute approximate surface area is 110 Å². The van der Waals surface area contributed by atoms with Crippen molar-refractivity contribution in [1.29, 1.82) is 0 Å². The van der Waals surface area contributed by atoms with Crippen LogP contribution >= 0.6 is 0 Å². The first-order chi connectivity index (χ1) is 8.74. The molecule has 0 unspecified atom stereocenters. The second-order valence-electron chi connectivity index (χ2n) is 4.68. The number of benzene rings is 1. The standard InChI is InChI=1S/C17H21N/c1-4-5-6-9-15-12-13-16-10-7-8-11-17(16)18(3)14(15)2/h4-11H,12-13H2,1-3H3/b5-4-,9-6-. The van der Waals surface area contributed by atoms with E-state index in [-0.39, 0.29) is 0 Å². The molecule has 1 nitrogen and oxygen atoms in total. The Morgan fingerprint density at radius 1 is 1.11 bits per heavy atom. The Morgan fingerprint density at radius 2 is 1.89 bits per heavy atom. The molecule has 18 heavy (non-hydrogen) atoms. The molecule has 0 radical (unpaired) electrons. The van der Waals surface area contributed by atoms with Crippen molar-refractivity contribution in [2.24, 2.45) is 0 Å². The number of anilines is 1. The van der Waals surface area contributed by atoms with Gasteiger partial charge in [0, 0.05) is 18.4 Å². The highest BCUT2D eigenvalue weighted by molar-refractivity contribution is 5.60. The van der Waals surface area contributed by atoms with Crippen LogP contribution in [-0.2, 0) is 6.42 Å². The zero-order valence-corrected chi connectivity index (χ0v) is 11.5. The van der Waals surface area contributed by atoms with E-state index in [0.29, 0.717) is 0 Å². The van der Waals surface area contributed by atoms with Crippen LogP contribution in [0.4, 0.5) is 5.69 Å². The van der Waals surface area contributed by atoms with Gasteiger partial charge in [-0.25, -0.2) is 0 Å². The van der Waals surface area contributed by atoms with Gasteiger partial charge in [-0.3, -0.25) is 0 Å². The second-order valence-corrected chi connectivity index (χ2v) is 4.68. The average Bonchev–Trinajstić information content (AvgIpc) is 2.51. The summed E-state index contributed by atoms with van der Waals surface area (Å²) in [5.41, 5.74) is 5.55. The number of aryl methyl sites for hydroxylation is 1. The highest BCUT2D eigenvalue weighted by atomic mass is 15.1. The van der Waals surface area contributed by atoms with Crippen LogP contribution in [0.15, 0.2) is 59.8 Å². The van der Waals surface area contributed by atoms with Gasteiger partial charge < -0.3 is 4.90 Å². The summed E-state index contributed by atoms with van der Waals surface area (Å²) in [6.07, 6.45) is 10.7. The molecule has 0 saturated carbocycles. The maximum atomic E-state index is 2.30. The molecule has 1 aliphatic heterocycles. The lowest BCUT2D eigenvalue weighted by molar-refractivity contribution is 0.967. The van der Waals surface area contributed by atoms with E-state index in [2.05, 4.69) is 67.4 Å². The molecule has 1 aromatic carbocycles.